The van der Waals surface area contributed by atoms with Crippen LogP contribution in [0.2, 0.25) is 0 Å². The summed E-state index contributed by atoms with van der Waals surface area (Å²) in [6.07, 6.45) is 9.06. The van der Waals surface area contributed by atoms with Gasteiger partial charge in [0.05, 0.1) is 32.3 Å². The number of methoxy groups -OCH3 is 1. The van der Waals surface area contributed by atoms with Gasteiger partial charge in [-0.2, -0.15) is 10.1 Å². The first-order valence-corrected chi connectivity index (χ1v) is 9.25. The standard InChI is InChI=1S/C18H23N5O4/c1-25-15-10-19-11-16(22-15)27-13-5-3-12(4-6-13)21-17(24)14-9-20-23-7-2-8-26-18(14)23/h9-13H,2-8H2,1H3,(H,21,24). The molecule has 27 heavy (non-hydrogen) atoms. The third-order valence-corrected chi connectivity index (χ3v) is 4.89. The number of ether oxygens (including phenoxy) is 3. The van der Waals surface area contributed by atoms with Gasteiger partial charge in [-0.15, -0.1) is 0 Å². The lowest BCUT2D eigenvalue weighted by Crippen LogP contribution is -2.39. The fourth-order valence-electron chi connectivity index (χ4n) is 3.47. The van der Waals surface area contributed by atoms with Gasteiger partial charge in [0.25, 0.3) is 5.91 Å². The van der Waals surface area contributed by atoms with Gasteiger partial charge < -0.3 is 19.5 Å². The molecule has 1 aliphatic heterocycles. The van der Waals surface area contributed by atoms with E-state index in [9.17, 15) is 4.79 Å². The van der Waals surface area contributed by atoms with Crippen molar-refractivity contribution in [1.29, 1.82) is 0 Å². The van der Waals surface area contributed by atoms with Crippen LogP contribution in [-0.2, 0) is 6.54 Å². The summed E-state index contributed by atoms with van der Waals surface area (Å²) in [6.45, 7) is 1.42. The van der Waals surface area contributed by atoms with E-state index in [-0.39, 0.29) is 18.1 Å². The van der Waals surface area contributed by atoms with E-state index in [1.54, 1.807) is 30.4 Å². The van der Waals surface area contributed by atoms with Crippen molar-refractivity contribution >= 4 is 5.91 Å². The normalized spacial score (nSPS) is 21.7. The van der Waals surface area contributed by atoms with Gasteiger partial charge in [-0.25, -0.2) is 4.68 Å². The Labute approximate surface area is 157 Å². The van der Waals surface area contributed by atoms with Crippen LogP contribution in [-0.4, -0.2) is 51.5 Å². The van der Waals surface area contributed by atoms with E-state index >= 15 is 0 Å². The number of carbonyl (C=O) groups excluding carboxylic acids is 1. The lowest BCUT2D eigenvalue weighted by molar-refractivity contribution is 0.0883. The number of carbonyl (C=O) groups is 1. The summed E-state index contributed by atoms with van der Waals surface area (Å²) in [6, 6.07) is 0.118. The van der Waals surface area contributed by atoms with Crippen molar-refractivity contribution in [2.24, 2.45) is 0 Å². The van der Waals surface area contributed by atoms with Crippen LogP contribution in [0.5, 0.6) is 17.6 Å². The molecule has 3 heterocycles. The van der Waals surface area contributed by atoms with Crippen molar-refractivity contribution in [3.05, 3.63) is 24.2 Å². The molecule has 0 bridgehead atoms. The molecule has 0 atom stereocenters. The largest absolute Gasteiger partial charge is 0.480 e. The Morgan fingerprint density at radius 2 is 2.04 bits per heavy atom. The van der Waals surface area contributed by atoms with Gasteiger partial charge in [-0.05, 0) is 25.7 Å². The zero-order valence-electron chi connectivity index (χ0n) is 15.3. The number of aryl methyl sites for hydroxylation is 1. The summed E-state index contributed by atoms with van der Waals surface area (Å²) in [5.41, 5.74) is 0.514. The van der Waals surface area contributed by atoms with Gasteiger partial charge in [-0.1, -0.05) is 0 Å². The molecule has 9 heteroatoms. The highest BCUT2D eigenvalue weighted by atomic mass is 16.5. The molecule has 144 valence electrons. The molecule has 9 nitrogen and oxygen atoms in total. The summed E-state index contributed by atoms with van der Waals surface area (Å²) in [5, 5.41) is 7.33. The number of fused-ring (bicyclic) bond motifs is 1. The van der Waals surface area contributed by atoms with Crippen LogP contribution >= 0.6 is 0 Å². The minimum atomic E-state index is -0.124. The summed E-state index contributed by atoms with van der Waals surface area (Å²) < 4.78 is 18.3. The number of amides is 1. The second kappa shape index (κ2) is 7.81. The SMILES string of the molecule is COc1cncc(OC2CCC(NC(=O)c3cnn4c3OCCC4)CC2)n1. The molecule has 1 amide bonds. The van der Waals surface area contributed by atoms with Crippen LogP contribution in [0.4, 0.5) is 0 Å². The first-order chi connectivity index (χ1) is 13.2. The van der Waals surface area contributed by atoms with Crippen LogP contribution in [0.25, 0.3) is 0 Å². The summed E-state index contributed by atoms with van der Waals surface area (Å²) in [5.74, 6) is 1.35. The van der Waals surface area contributed by atoms with Crippen molar-refractivity contribution in [3.8, 4) is 17.6 Å². The first kappa shape index (κ1) is 17.6. The van der Waals surface area contributed by atoms with E-state index in [2.05, 4.69) is 20.4 Å². The molecular weight excluding hydrogens is 350 g/mol. The number of nitrogens with one attached hydrogen (secondary N) is 1. The fraction of sp³-hybridized carbons (Fsp3) is 0.556. The van der Waals surface area contributed by atoms with E-state index in [0.29, 0.717) is 29.8 Å². The Bertz CT molecular complexity index is 801. The molecule has 1 aliphatic carbocycles. The van der Waals surface area contributed by atoms with Crippen LogP contribution in [0.15, 0.2) is 18.6 Å². The Morgan fingerprint density at radius 3 is 2.85 bits per heavy atom. The third kappa shape index (κ3) is 3.96. The van der Waals surface area contributed by atoms with E-state index in [4.69, 9.17) is 14.2 Å². The smallest absolute Gasteiger partial charge is 0.258 e. The third-order valence-electron chi connectivity index (χ3n) is 4.89. The Morgan fingerprint density at radius 1 is 1.22 bits per heavy atom. The number of rotatable bonds is 5. The lowest BCUT2D eigenvalue weighted by atomic mass is 9.93. The quantitative estimate of drug-likeness (QED) is 0.849. The highest BCUT2D eigenvalue weighted by Gasteiger charge is 2.27. The molecule has 0 saturated heterocycles. The minimum Gasteiger partial charge on any atom is -0.480 e. The average molecular weight is 373 g/mol. The minimum absolute atomic E-state index is 0.0619. The van der Waals surface area contributed by atoms with Crippen LogP contribution in [0.1, 0.15) is 42.5 Å². The van der Waals surface area contributed by atoms with Gasteiger partial charge in [0.1, 0.15) is 11.7 Å². The first-order valence-electron chi connectivity index (χ1n) is 9.25. The summed E-state index contributed by atoms with van der Waals surface area (Å²) >= 11 is 0. The fourth-order valence-corrected chi connectivity index (χ4v) is 3.47. The zero-order valence-corrected chi connectivity index (χ0v) is 15.3. The van der Waals surface area contributed by atoms with Crippen molar-refractivity contribution in [3.63, 3.8) is 0 Å². The van der Waals surface area contributed by atoms with Crippen molar-refractivity contribution in [2.45, 2.75) is 50.8 Å². The molecule has 2 aliphatic rings. The molecule has 1 fully saturated rings. The Kier molecular flexibility index (Phi) is 5.08. The maximum Gasteiger partial charge on any atom is 0.258 e. The van der Waals surface area contributed by atoms with E-state index in [1.807, 2.05) is 0 Å². The van der Waals surface area contributed by atoms with E-state index < -0.39 is 0 Å². The predicted molar refractivity (Wildman–Crippen MR) is 95.1 cm³/mol. The highest BCUT2D eigenvalue weighted by Crippen LogP contribution is 2.25. The van der Waals surface area contributed by atoms with Gasteiger partial charge in [0, 0.05) is 19.0 Å². The van der Waals surface area contributed by atoms with Gasteiger partial charge >= 0.3 is 0 Å². The zero-order chi connectivity index (χ0) is 18.6. The van der Waals surface area contributed by atoms with Crippen molar-refractivity contribution in [1.82, 2.24) is 25.1 Å². The highest BCUT2D eigenvalue weighted by molar-refractivity contribution is 5.96. The lowest BCUT2D eigenvalue weighted by Gasteiger charge is -2.29. The van der Waals surface area contributed by atoms with Gasteiger partial charge in [0.15, 0.2) is 0 Å². The Hall–Kier alpha value is -2.84. The number of hydrogen-bond acceptors (Lipinski definition) is 7. The van der Waals surface area contributed by atoms with Crippen LogP contribution in [0.3, 0.4) is 0 Å². The Balaban J connectivity index is 1.29. The molecule has 0 aromatic carbocycles. The van der Waals surface area contributed by atoms with Crippen molar-refractivity contribution < 1.29 is 19.0 Å². The maximum absolute atomic E-state index is 12.6. The molecule has 0 spiro atoms. The number of aromatic nitrogens is 4. The molecule has 4 rings (SSSR count). The number of hydrogen-bond donors (Lipinski definition) is 1. The van der Waals surface area contributed by atoms with Crippen LogP contribution < -0.4 is 19.5 Å². The molecule has 0 unspecified atom stereocenters. The molecule has 1 N–H and O–H groups in total. The average Bonchev–Trinajstić information content (AvgIpc) is 3.14. The van der Waals surface area contributed by atoms with Gasteiger partial charge in [0.2, 0.25) is 17.6 Å². The van der Waals surface area contributed by atoms with Gasteiger partial charge in [-0.3, -0.25) is 9.78 Å². The maximum atomic E-state index is 12.6. The monoisotopic (exact) mass is 373 g/mol. The summed E-state index contributed by atoms with van der Waals surface area (Å²) in [7, 11) is 1.55. The molecule has 2 aromatic heterocycles. The second-order valence-electron chi connectivity index (χ2n) is 6.75. The molecule has 0 radical (unpaired) electrons. The molecular formula is C18H23N5O4. The molecule has 2 aromatic rings. The molecule has 1 saturated carbocycles. The number of nitrogens with zero attached hydrogens (tertiary/aromatic N) is 4. The van der Waals surface area contributed by atoms with Crippen molar-refractivity contribution in [2.75, 3.05) is 13.7 Å². The van der Waals surface area contributed by atoms with Crippen LogP contribution in [0, 0.1) is 0 Å². The summed E-state index contributed by atoms with van der Waals surface area (Å²) in [4.78, 5) is 20.9. The van der Waals surface area contributed by atoms with E-state index in [0.717, 1.165) is 38.6 Å². The topological polar surface area (TPSA) is 100 Å². The predicted octanol–water partition coefficient (Wildman–Crippen LogP) is 1.58. The second-order valence-corrected chi connectivity index (χ2v) is 6.75. The van der Waals surface area contributed by atoms with E-state index in [1.165, 1.54) is 0 Å².